The fourth-order valence-corrected chi connectivity index (χ4v) is 5.51. The van der Waals surface area contributed by atoms with E-state index in [1.165, 1.54) is 10.8 Å². The third kappa shape index (κ3) is 2.62. The number of ketones is 2. The van der Waals surface area contributed by atoms with Gasteiger partial charge >= 0.3 is 0 Å². The standard InChI is InChI=1S/C18H15ClN2O4S/c1-10-14(18(19)21(20-10)11-6-7-26(24,25)9-11)8-15-16(22)12-4-2-3-5-13(12)17(15)23/h2-5,8,11H,6-7,9H2,1H3/t11-/m0/s1. The summed E-state index contributed by atoms with van der Waals surface area (Å²) < 4.78 is 24.9. The van der Waals surface area contributed by atoms with Crippen LogP contribution in [-0.4, -0.2) is 41.3 Å². The third-order valence-corrected chi connectivity index (χ3v) is 6.95. The number of Topliss-reactive ketones (excluding diaryl/α,β-unsaturated/α-hetero) is 2. The van der Waals surface area contributed by atoms with E-state index < -0.39 is 9.84 Å². The van der Waals surface area contributed by atoms with Crippen LogP contribution < -0.4 is 0 Å². The van der Waals surface area contributed by atoms with Crippen molar-refractivity contribution in [3.8, 4) is 0 Å². The molecule has 0 radical (unpaired) electrons. The van der Waals surface area contributed by atoms with Gasteiger partial charge in [0.2, 0.25) is 0 Å². The van der Waals surface area contributed by atoms with Crippen LogP contribution in [0.1, 0.15) is 44.4 Å². The first-order valence-electron chi connectivity index (χ1n) is 8.13. The SMILES string of the molecule is Cc1nn([C@H]2CCS(=O)(=O)C2)c(Cl)c1C=C1C(=O)c2ccccc2C1=O. The van der Waals surface area contributed by atoms with Gasteiger partial charge in [0.1, 0.15) is 5.15 Å². The number of aryl methyl sites for hydroxylation is 1. The molecule has 1 fully saturated rings. The van der Waals surface area contributed by atoms with Crippen molar-refractivity contribution in [2.24, 2.45) is 0 Å². The highest BCUT2D eigenvalue weighted by Crippen LogP contribution is 2.33. The number of aromatic nitrogens is 2. The van der Waals surface area contributed by atoms with Gasteiger partial charge < -0.3 is 0 Å². The van der Waals surface area contributed by atoms with Gasteiger partial charge in [0.15, 0.2) is 21.4 Å². The number of carbonyl (C=O) groups is 2. The molecule has 0 N–H and O–H groups in total. The molecule has 0 amide bonds. The summed E-state index contributed by atoms with van der Waals surface area (Å²) in [4.78, 5) is 25.1. The molecule has 1 aliphatic carbocycles. The molecule has 8 heteroatoms. The summed E-state index contributed by atoms with van der Waals surface area (Å²) in [6.07, 6.45) is 1.91. The van der Waals surface area contributed by atoms with Crippen molar-refractivity contribution in [3.05, 3.63) is 57.4 Å². The molecule has 6 nitrogen and oxygen atoms in total. The summed E-state index contributed by atoms with van der Waals surface area (Å²) in [6, 6.07) is 6.34. The quantitative estimate of drug-likeness (QED) is 0.581. The number of hydrogen-bond donors (Lipinski definition) is 0. The van der Waals surface area contributed by atoms with Crippen molar-refractivity contribution in [1.29, 1.82) is 0 Å². The van der Waals surface area contributed by atoms with Gasteiger partial charge in [0, 0.05) is 16.7 Å². The Labute approximate surface area is 155 Å². The Balaban J connectivity index is 1.76. The Morgan fingerprint density at radius 1 is 1.19 bits per heavy atom. The number of carbonyl (C=O) groups excluding carboxylic acids is 2. The van der Waals surface area contributed by atoms with Crippen LogP contribution in [0.2, 0.25) is 5.15 Å². The maximum absolute atomic E-state index is 12.5. The lowest BCUT2D eigenvalue weighted by atomic mass is 10.1. The average molecular weight is 391 g/mol. The van der Waals surface area contributed by atoms with Gasteiger partial charge in [-0.2, -0.15) is 5.10 Å². The zero-order valence-electron chi connectivity index (χ0n) is 13.9. The lowest BCUT2D eigenvalue weighted by Crippen LogP contribution is -2.12. The summed E-state index contributed by atoms with van der Waals surface area (Å²) >= 11 is 6.43. The molecule has 2 heterocycles. The first kappa shape index (κ1) is 17.2. The summed E-state index contributed by atoms with van der Waals surface area (Å²) in [6.45, 7) is 1.72. The number of nitrogens with zero attached hydrogens (tertiary/aromatic N) is 2. The Hall–Kier alpha value is -2.25. The highest BCUT2D eigenvalue weighted by molar-refractivity contribution is 7.91. The summed E-state index contributed by atoms with van der Waals surface area (Å²) in [5, 5.41) is 4.60. The van der Waals surface area contributed by atoms with E-state index in [0.29, 0.717) is 28.8 Å². The van der Waals surface area contributed by atoms with E-state index in [-0.39, 0.29) is 39.8 Å². The molecule has 1 saturated heterocycles. The van der Waals surface area contributed by atoms with Crippen LogP contribution in [0.25, 0.3) is 6.08 Å². The molecule has 134 valence electrons. The van der Waals surface area contributed by atoms with E-state index in [1.54, 1.807) is 31.2 Å². The van der Waals surface area contributed by atoms with Gasteiger partial charge in [0.25, 0.3) is 0 Å². The van der Waals surface area contributed by atoms with Crippen LogP contribution in [0, 0.1) is 6.92 Å². The van der Waals surface area contributed by atoms with Gasteiger partial charge in [-0.25, -0.2) is 13.1 Å². The molecule has 26 heavy (non-hydrogen) atoms. The fourth-order valence-electron chi connectivity index (χ4n) is 3.45. The minimum atomic E-state index is -3.08. The van der Waals surface area contributed by atoms with Crippen LogP contribution >= 0.6 is 11.6 Å². The third-order valence-electron chi connectivity index (χ3n) is 4.82. The van der Waals surface area contributed by atoms with Crippen LogP contribution in [0.4, 0.5) is 0 Å². The first-order valence-corrected chi connectivity index (χ1v) is 10.3. The largest absolute Gasteiger partial charge is 0.288 e. The lowest BCUT2D eigenvalue weighted by Gasteiger charge is -2.09. The highest BCUT2D eigenvalue weighted by Gasteiger charge is 2.35. The van der Waals surface area contributed by atoms with E-state index in [4.69, 9.17) is 11.6 Å². The zero-order chi connectivity index (χ0) is 18.6. The minimum Gasteiger partial charge on any atom is -0.288 e. The van der Waals surface area contributed by atoms with Gasteiger partial charge in [-0.1, -0.05) is 35.9 Å². The predicted octanol–water partition coefficient (Wildman–Crippen LogP) is 2.67. The summed E-state index contributed by atoms with van der Waals surface area (Å²) in [5.41, 5.74) is 1.83. The Morgan fingerprint density at radius 2 is 1.81 bits per heavy atom. The molecule has 2 aliphatic rings. The number of fused-ring (bicyclic) bond motifs is 1. The number of halogens is 1. The Bertz CT molecular complexity index is 1060. The molecule has 1 aromatic heterocycles. The Morgan fingerprint density at radius 3 is 2.35 bits per heavy atom. The molecular weight excluding hydrogens is 376 g/mol. The van der Waals surface area contributed by atoms with Crippen LogP contribution in [0.3, 0.4) is 0 Å². The normalized spacial score (nSPS) is 21.3. The van der Waals surface area contributed by atoms with E-state index in [9.17, 15) is 18.0 Å². The van der Waals surface area contributed by atoms with Gasteiger partial charge in [-0.3, -0.25) is 9.59 Å². The van der Waals surface area contributed by atoms with Crippen LogP contribution in [0.5, 0.6) is 0 Å². The minimum absolute atomic E-state index is 0.00679. The molecule has 0 bridgehead atoms. The number of hydrogen-bond acceptors (Lipinski definition) is 5. The van der Waals surface area contributed by atoms with Gasteiger partial charge in [0.05, 0.1) is 28.8 Å². The molecule has 0 unspecified atom stereocenters. The van der Waals surface area contributed by atoms with Crippen LogP contribution in [0.15, 0.2) is 29.8 Å². The zero-order valence-corrected chi connectivity index (χ0v) is 15.5. The second-order valence-electron chi connectivity index (χ2n) is 6.55. The topological polar surface area (TPSA) is 86.1 Å². The van der Waals surface area contributed by atoms with Crippen molar-refractivity contribution in [2.75, 3.05) is 11.5 Å². The molecule has 0 saturated carbocycles. The maximum atomic E-state index is 12.5. The van der Waals surface area contributed by atoms with E-state index >= 15 is 0 Å². The molecule has 1 atom stereocenters. The highest BCUT2D eigenvalue weighted by atomic mass is 35.5. The van der Waals surface area contributed by atoms with Crippen molar-refractivity contribution >= 4 is 39.1 Å². The van der Waals surface area contributed by atoms with E-state index in [1.807, 2.05) is 0 Å². The molecule has 2 aromatic rings. The second-order valence-corrected chi connectivity index (χ2v) is 9.14. The molecule has 1 aromatic carbocycles. The van der Waals surface area contributed by atoms with Gasteiger partial charge in [-0.15, -0.1) is 0 Å². The monoisotopic (exact) mass is 390 g/mol. The van der Waals surface area contributed by atoms with Crippen molar-refractivity contribution in [3.63, 3.8) is 0 Å². The molecule has 4 rings (SSSR count). The predicted molar refractivity (Wildman–Crippen MR) is 97.4 cm³/mol. The second kappa shape index (κ2) is 5.89. The van der Waals surface area contributed by atoms with E-state index in [2.05, 4.69) is 5.10 Å². The number of allylic oxidation sites excluding steroid dienone is 1. The summed E-state index contributed by atoms with van der Waals surface area (Å²) in [5.74, 6) is -0.572. The van der Waals surface area contributed by atoms with Crippen molar-refractivity contribution < 1.29 is 18.0 Å². The first-order chi connectivity index (χ1) is 12.3. The van der Waals surface area contributed by atoms with Crippen LogP contribution in [-0.2, 0) is 9.84 Å². The number of sulfone groups is 1. The molecular formula is C18H15ClN2O4S. The Kier molecular flexibility index (Phi) is 3.89. The smallest absolute Gasteiger partial charge is 0.197 e. The fraction of sp³-hybridized carbons (Fsp3) is 0.278. The molecule has 0 spiro atoms. The number of benzene rings is 1. The lowest BCUT2D eigenvalue weighted by molar-refractivity contribution is 0.0990. The van der Waals surface area contributed by atoms with Crippen molar-refractivity contribution in [1.82, 2.24) is 9.78 Å². The maximum Gasteiger partial charge on any atom is 0.197 e. The average Bonchev–Trinajstić information content (AvgIpc) is 3.18. The van der Waals surface area contributed by atoms with E-state index in [0.717, 1.165) is 0 Å². The molecule has 1 aliphatic heterocycles. The van der Waals surface area contributed by atoms with Gasteiger partial charge in [-0.05, 0) is 19.4 Å². The number of rotatable bonds is 2. The van der Waals surface area contributed by atoms with Crippen molar-refractivity contribution in [2.45, 2.75) is 19.4 Å². The summed E-state index contributed by atoms with van der Waals surface area (Å²) in [7, 11) is -3.08.